The van der Waals surface area contributed by atoms with E-state index < -0.39 is 69.2 Å². The Morgan fingerprint density at radius 3 is 1.11 bits per heavy atom. The van der Waals surface area contributed by atoms with Crippen molar-refractivity contribution in [3.05, 3.63) is 23.3 Å². The number of hydrogen-bond acceptors (Lipinski definition) is 2. The molecule has 0 aliphatic heterocycles. The Morgan fingerprint density at radius 2 is 0.821 bits per heavy atom. The molecule has 0 spiro atoms. The standard InChI is InChI=1S/C10F16N2/c11-1-3(13)6(28(25)26)4(14)2(12)5(1)27(24)10(22,23)8(17,18)7(15,16)9(19,20)21. The molecule has 0 radical (unpaired) electrons. The van der Waals surface area contributed by atoms with Crippen LogP contribution in [0.3, 0.4) is 0 Å². The molecule has 0 saturated heterocycles. The van der Waals surface area contributed by atoms with Crippen LogP contribution in [-0.2, 0) is 0 Å². The van der Waals surface area contributed by atoms with Crippen molar-refractivity contribution in [1.82, 2.24) is 0 Å². The molecule has 0 heterocycles. The van der Waals surface area contributed by atoms with Crippen molar-refractivity contribution in [2.75, 3.05) is 10.5 Å². The van der Waals surface area contributed by atoms with E-state index in [2.05, 4.69) is 0 Å². The van der Waals surface area contributed by atoms with Gasteiger partial charge >= 0.3 is 24.1 Å². The van der Waals surface area contributed by atoms with Crippen molar-refractivity contribution in [2.24, 2.45) is 0 Å². The fourth-order valence-corrected chi connectivity index (χ4v) is 1.56. The van der Waals surface area contributed by atoms with E-state index in [0.29, 0.717) is 0 Å². The second-order valence-corrected chi connectivity index (χ2v) is 4.65. The lowest BCUT2D eigenvalue weighted by Gasteiger charge is -2.36. The Morgan fingerprint density at radius 1 is 0.500 bits per heavy atom. The molecule has 0 fully saturated rings. The summed E-state index contributed by atoms with van der Waals surface area (Å²) in [7, 11) is 0. The maximum atomic E-state index is 13.4. The first kappa shape index (κ1) is 23.7. The van der Waals surface area contributed by atoms with Crippen molar-refractivity contribution in [2.45, 2.75) is 24.1 Å². The highest BCUT2D eigenvalue weighted by molar-refractivity contribution is 5.59. The third-order valence-electron chi connectivity index (χ3n) is 2.96. The zero-order valence-electron chi connectivity index (χ0n) is 11.9. The van der Waals surface area contributed by atoms with Gasteiger partial charge in [-0.05, 0) is 5.34 Å². The normalized spacial score (nSPS) is 13.7. The fraction of sp³-hybridized carbons (Fsp3) is 0.400. The maximum Gasteiger partial charge on any atom is 0.460 e. The summed E-state index contributed by atoms with van der Waals surface area (Å²) in [6, 6.07) is -7.50. The molecule has 18 heteroatoms. The third-order valence-corrected chi connectivity index (χ3v) is 2.96. The number of benzene rings is 1. The molecular weight excluding hydrogens is 452 g/mol. The Bertz CT molecular complexity index is 724. The van der Waals surface area contributed by atoms with E-state index in [-0.39, 0.29) is 0 Å². The van der Waals surface area contributed by atoms with Gasteiger partial charge in [-0.15, -0.1) is 5.12 Å². The first-order valence-corrected chi connectivity index (χ1v) is 5.88. The average molecular weight is 452 g/mol. The number of nitrogens with zero attached hydrogens (tertiary/aromatic N) is 2. The lowest BCUT2D eigenvalue weighted by molar-refractivity contribution is -0.399. The van der Waals surface area contributed by atoms with Crippen LogP contribution in [0.15, 0.2) is 0 Å². The third kappa shape index (κ3) is 3.11. The summed E-state index contributed by atoms with van der Waals surface area (Å²) in [5, 5.41) is -6.18. The molecule has 1 rings (SSSR count). The molecule has 0 saturated carbocycles. The van der Waals surface area contributed by atoms with Gasteiger partial charge in [0, 0.05) is 0 Å². The molecule has 162 valence electrons. The van der Waals surface area contributed by atoms with Crippen molar-refractivity contribution in [3.8, 4) is 0 Å². The van der Waals surface area contributed by atoms with E-state index in [4.69, 9.17) is 0 Å². The van der Waals surface area contributed by atoms with Crippen molar-refractivity contribution in [1.29, 1.82) is 0 Å². The van der Waals surface area contributed by atoms with Crippen LogP contribution in [0.4, 0.5) is 81.9 Å². The zero-order chi connectivity index (χ0) is 22.6. The molecule has 0 aliphatic rings. The smallest absolute Gasteiger partial charge is 0.201 e. The molecule has 0 unspecified atom stereocenters. The van der Waals surface area contributed by atoms with E-state index in [1.807, 2.05) is 0 Å². The van der Waals surface area contributed by atoms with Gasteiger partial charge in [-0.1, -0.05) is 13.4 Å². The summed E-state index contributed by atoms with van der Waals surface area (Å²) < 4.78 is 204. The molecule has 0 N–H and O–H groups in total. The molecule has 0 amide bonds. The number of halogens is 16. The highest BCUT2D eigenvalue weighted by atomic mass is 19.4. The molecule has 1 aromatic rings. The van der Waals surface area contributed by atoms with Crippen LogP contribution in [0.5, 0.6) is 0 Å². The van der Waals surface area contributed by atoms with E-state index >= 15 is 0 Å². The van der Waals surface area contributed by atoms with Gasteiger partial charge in [-0.25, -0.2) is 17.6 Å². The molecule has 28 heavy (non-hydrogen) atoms. The summed E-state index contributed by atoms with van der Waals surface area (Å²) in [5.41, 5.74) is -6.61. The Labute approximate surface area is 141 Å². The second kappa shape index (κ2) is 6.64. The minimum absolute atomic E-state index is 2.70. The highest BCUT2D eigenvalue weighted by Gasteiger charge is 2.84. The summed E-state index contributed by atoms with van der Waals surface area (Å²) in [5.74, 6) is -29.5. The van der Waals surface area contributed by atoms with Crippen molar-refractivity contribution < 1.29 is 70.5 Å². The summed E-state index contributed by atoms with van der Waals surface area (Å²) in [6.45, 7) is 0. The van der Waals surface area contributed by atoms with Gasteiger partial charge in [-0.3, -0.25) is 0 Å². The Hall–Kier alpha value is -2.30. The summed E-state index contributed by atoms with van der Waals surface area (Å²) >= 11 is 0. The van der Waals surface area contributed by atoms with Crippen LogP contribution < -0.4 is 10.5 Å². The van der Waals surface area contributed by atoms with Gasteiger partial charge in [-0.2, -0.15) is 39.5 Å². The van der Waals surface area contributed by atoms with Crippen molar-refractivity contribution in [3.63, 3.8) is 0 Å². The first-order valence-electron chi connectivity index (χ1n) is 5.88. The van der Waals surface area contributed by atoms with Crippen LogP contribution in [0, 0.1) is 23.3 Å². The van der Waals surface area contributed by atoms with Gasteiger partial charge in [0.05, 0.1) is 0 Å². The maximum absolute atomic E-state index is 13.4. The molecule has 2 nitrogen and oxygen atoms in total. The molecular formula is C10F16N2. The predicted molar refractivity (Wildman–Crippen MR) is 55.5 cm³/mol. The molecule has 1 aromatic carbocycles. The Balaban J connectivity index is 3.72. The monoisotopic (exact) mass is 452 g/mol. The fourth-order valence-electron chi connectivity index (χ4n) is 1.56. The zero-order valence-corrected chi connectivity index (χ0v) is 11.9. The van der Waals surface area contributed by atoms with Gasteiger partial charge in [0.1, 0.15) is 0 Å². The number of alkyl halides is 9. The van der Waals surface area contributed by atoms with E-state index in [9.17, 15) is 70.5 Å². The summed E-state index contributed by atoms with van der Waals surface area (Å²) in [4.78, 5) is 0. The number of anilines is 2. The van der Waals surface area contributed by atoms with Crippen LogP contribution >= 0.6 is 0 Å². The minimum atomic E-state index is -7.82. The van der Waals surface area contributed by atoms with Gasteiger partial charge in [0.25, 0.3) is 0 Å². The molecule has 0 atom stereocenters. The lowest BCUT2D eigenvalue weighted by Crippen LogP contribution is -2.65. The summed E-state index contributed by atoms with van der Waals surface area (Å²) in [6.07, 6.45) is -7.46. The average Bonchev–Trinajstić information content (AvgIpc) is 2.51. The van der Waals surface area contributed by atoms with Crippen LogP contribution in [0.1, 0.15) is 0 Å². The largest absolute Gasteiger partial charge is 0.460 e. The SMILES string of the molecule is Fc1c(F)c(N(F)C(F)(F)C(F)(F)C(F)(F)C(F)(F)F)c(F)c(F)c1N(F)F. The van der Waals surface area contributed by atoms with Crippen LogP contribution in [-0.4, -0.2) is 24.1 Å². The minimum Gasteiger partial charge on any atom is -0.201 e. The van der Waals surface area contributed by atoms with Gasteiger partial charge in [0.15, 0.2) is 34.6 Å². The molecule has 0 aromatic heterocycles. The van der Waals surface area contributed by atoms with Gasteiger partial charge < -0.3 is 0 Å². The predicted octanol–water partition coefficient (Wildman–Crippen LogP) is 5.94. The lowest BCUT2D eigenvalue weighted by atomic mass is 10.1. The Kier molecular flexibility index (Phi) is 5.63. The van der Waals surface area contributed by atoms with E-state index in [1.165, 1.54) is 0 Å². The van der Waals surface area contributed by atoms with Crippen LogP contribution in [0.25, 0.3) is 0 Å². The molecule has 0 bridgehead atoms. The van der Waals surface area contributed by atoms with E-state index in [0.717, 1.165) is 0 Å². The second-order valence-electron chi connectivity index (χ2n) is 4.65. The topological polar surface area (TPSA) is 6.48 Å². The number of hydrogen-bond donors (Lipinski definition) is 0. The van der Waals surface area contributed by atoms with E-state index in [1.54, 1.807) is 0 Å². The quantitative estimate of drug-likeness (QED) is 0.237. The first-order chi connectivity index (χ1) is 12.2. The van der Waals surface area contributed by atoms with Gasteiger partial charge in [0.2, 0.25) is 0 Å². The van der Waals surface area contributed by atoms with Crippen molar-refractivity contribution >= 4 is 11.4 Å². The number of rotatable bonds is 5. The molecule has 0 aliphatic carbocycles. The highest BCUT2D eigenvalue weighted by Crippen LogP contribution is 2.55. The van der Waals surface area contributed by atoms with Crippen LogP contribution in [0.2, 0.25) is 0 Å².